The van der Waals surface area contributed by atoms with Gasteiger partial charge in [0, 0.05) is 36.8 Å². The Balaban J connectivity index is 1.18. The molecule has 1 spiro atoms. The molecule has 7 rings (SSSR count). The van der Waals surface area contributed by atoms with Crippen molar-refractivity contribution in [1.82, 2.24) is 20.3 Å². The molecule has 7 unspecified atom stereocenters. The van der Waals surface area contributed by atoms with Gasteiger partial charge in [0.1, 0.15) is 23.2 Å². The van der Waals surface area contributed by atoms with E-state index in [2.05, 4.69) is 38.4 Å². The molecule has 0 aromatic rings. The summed E-state index contributed by atoms with van der Waals surface area (Å²) in [6.45, 7) is 5.76. The zero-order valence-electron chi connectivity index (χ0n) is 30.4. The van der Waals surface area contributed by atoms with Crippen molar-refractivity contribution in [2.24, 2.45) is 17.0 Å². The summed E-state index contributed by atoms with van der Waals surface area (Å²) in [7, 11) is -3.92. The molecule has 4 amide bonds. The molecule has 7 aliphatic rings. The van der Waals surface area contributed by atoms with Crippen LogP contribution in [0.25, 0.3) is 0 Å². The number of nitrogens with one attached hydrogen (secondary N) is 3. The van der Waals surface area contributed by atoms with Gasteiger partial charge in [-0.15, -0.1) is 5.92 Å². The van der Waals surface area contributed by atoms with Gasteiger partial charge in [0.2, 0.25) is 21.8 Å². The van der Waals surface area contributed by atoms with Crippen LogP contribution >= 0.6 is 11.6 Å². The van der Waals surface area contributed by atoms with Crippen molar-refractivity contribution in [2.45, 2.75) is 138 Å². The number of amides is 4. The van der Waals surface area contributed by atoms with Crippen LogP contribution in [0.3, 0.4) is 0 Å². The lowest BCUT2D eigenvalue weighted by atomic mass is 9.86. The zero-order valence-corrected chi connectivity index (χ0v) is 31.9. The molecule has 2 saturated heterocycles. The van der Waals surface area contributed by atoms with E-state index in [1.165, 1.54) is 4.90 Å². The first-order valence-electron chi connectivity index (χ1n) is 18.7. The summed E-state index contributed by atoms with van der Waals surface area (Å²) < 4.78 is 39.2. The van der Waals surface area contributed by atoms with E-state index in [1.54, 1.807) is 20.8 Å². The molecule has 0 aromatic heterocycles. The molecule has 4 heterocycles. The van der Waals surface area contributed by atoms with E-state index in [-0.39, 0.29) is 37.8 Å². The summed E-state index contributed by atoms with van der Waals surface area (Å²) >= 11 is 6.60. The SMILES string of the molecule is CC(C)(C)OC(=O)NC1CCCCCCC#CC2CC2(C(=O)NS(=O)(=O)C2CC2)NC(=O)C2CC3(CC(C4=CC5CCOC5C(Cl)=C4)=NO3)CN2C1=O. The fourth-order valence-electron chi connectivity index (χ4n) is 7.92. The van der Waals surface area contributed by atoms with Crippen LogP contribution in [-0.4, -0.2) is 96.2 Å². The number of hydrogen-bond acceptors (Lipinski definition) is 10. The van der Waals surface area contributed by atoms with Crippen LogP contribution in [-0.2, 0) is 38.7 Å². The van der Waals surface area contributed by atoms with Gasteiger partial charge in [-0.2, -0.15) is 0 Å². The first kappa shape index (κ1) is 37.7. The third-order valence-electron chi connectivity index (χ3n) is 11.0. The Morgan fingerprint density at radius 3 is 2.64 bits per heavy atom. The maximum atomic E-state index is 14.6. The third kappa shape index (κ3) is 8.10. The molecule has 0 radical (unpaired) electrons. The lowest BCUT2D eigenvalue weighted by molar-refractivity contribution is -0.141. The Morgan fingerprint density at radius 1 is 1.11 bits per heavy atom. The van der Waals surface area contributed by atoms with Gasteiger partial charge in [0.05, 0.1) is 29.5 Å². The maximum absolute atomic E-state index is 14.6. The van der Waals surface area contributed by atoms with Gasteiger partial charge >= 0.3 is 6.09 Å². The second-order valence-electron chi connectivity index (χ2n) is 16.4. The number of carbonyl (C=O) groups is 4. The van der Waals surface area contributed by atoms with E-state index in [4.69, 9.17) is 25.9 Å². The summed E-state index contributed by atoms with van der Waals surface area (Å²) in [5, 5.41) is 9.98. The fraction of sp³-hybridized carbons (Fsp3) is 0.703. The molecular weight excluding hydrogens is 726 g/mol. The van der Waals surface area contributed by atoms with Gasteiger partial charge in [-0.1, -0.05) is 48.0 Å². The molecule has 288 valence electrons. The summed E-state index contributed by atoms with van der Waals surface area (Å²) in [6.07, 6.45) is 9.01. The minimum absolute atomic E-state index is 0.0260. The van der Waals surface area contributed by atoms with Crippen molar-refractivity contribution in [1.29, 1.82) is 0 Å². The molecule has 16 heteroatoms. The first-order chi connectivity index (χ1) is 25.1. The van der Waals surface area contributed by atoms with Crippen molar-refractivity contribution < 1.29 is 41.9 Å². The van der Waals surface area contributed by atoms with E-state index in [9.17, 15) is 27.6 Å². The Labute approximate surface area is 315 Å². The standard InChI is InChI=1S/C37H48ClN5O9S/c1-35(2,3)51-34(47)39-27-11-9-7-5-4-6-8-10-24-18-37(24,33(46)42-53(48,49)25-12-13-25)40-31(44)29-20-36(21-43(29)32(27)45)19-28(41-52-36)23-16-22-14-15-50-30(22)26(38)17-23/h16-17,22,24-25,27,29-30H,4-7,9,11-15,18-21H2,1-3H3,(H,39,47)(H,40,44)(H,42,46). The van der Waals surface area contributed by atoms with Crippen LogP contribution in [0.15, 0.2) is 27.9 Å². The average molecular weight is 774 g/mol. The normalized spacial score (nSPS) is 34.5. The minimum atomic E-state index is -3.92. The monoisotopic (exact) mass is 773 g/mol. The van der Waals surface area contributed by atoms with Crippen molar-refractivity contribution >= 4 is 51.2 Å². The van der Waals surface area contributed by atoms with Crippen molar-refractivity contribution in [3.8, 4) is 11.8 Å². The topological polar surface area (TPSA) is 182 Å². The molecule has 2 saturated carbocycles. The average Bonchev–Trinajstić information content (AvgIpc) is 3.90. The second kappa shape index (κ2) is 14.2. The summed E-state index contributed by atoms with van der Waals surface area (Å²) in [6, 6.07) is -2.15. The van der Waals surface area contributed by atoms with Gasteiger partial charge in [-0.05, 0) is 70.9 Å². The lowest BCUT2D eigenvalue weighted by Crippen LogP contribution is -2.58. The van der Waals surface area contributed by atoms with Gasteiger partial charge in [-0.3, -0.25) is 19.1 Å². The Kier molecular flexibility index (Phi) is 10.1. The highest BCUT2D eigenvalue weighted by Crippen LogP contribution is 2.46. The fourth-order valence-corrected chi connectivity index (χ4v) is 9.63. The van der Waals surface area contributed by atoms with Crippen molar-refractivity contribution in [3.63, 3.8) is 0 Å². The Bertz CT molecular complexity index is 1830. The van der Waals surface area contributed by atoms with E-state index in [0.717, 1.165) is 31.3 Å². The molecule has 0 aromatic carbocycles. The van der Waals surface area contributed by atoms with Gasteiger partial charge in [-0.25, -0.2) is 13.2 Å². The number of fused-ring (bicyclic) bond motifs is 3. The maximum Gasteiger partial charge on any atom is 0.408 e. The number of hydrogen-bond donors (Lipinski definition) is 3. The number of halogens is 1. The van der Waals surface area contributed by atoms with Gasteiger partial charge in [0.25, 0.3) is 5.91 Å². The quantitative estimate of drug-likeness (QED) is 0.353. The largest absolute Gasteiger partial charge is 0.444 e. The predicted molar refractivity (Wildman–Crippen MR) is 194 cm³/mol. The number of rotatable bonds is 5. The van der Waals surface area contributed by atoms with Crippen LogP contribution in [0, 0.1) is 23.7 Å². The Morgan fingerprint density at radius 2 is 1.89 bits per heavy atom. The molecular formula is C37H48ClN5O9S. The van der Waals surface area contributed by atoms with Crippen LogP contribution in [0.1, 0.15) is 97.8 Å². The van der Waals surface area contributed by atoms with E-state index < -0.39 is 73.8 Å². The summed E-state index contributed by atoms with van der Waals surface area (Å²) in [5.74, 6) is 3.73. The molecule has 3 aliphatic carbocycles. The number of sulfonamides is 1. The number of allylic oxidation sites excluding steroid dienone is 2. The van der Waals surface area contributed by atoms with Crippen molar-refractivity contribution in [2.75, 3.05) is 13.2 Å². The number of alkyl carbamates (subject to hydrolysis) is 1. The van der Waals surface area contributed by atoms with Gasteiger partial charge < -0.3 is 29.8 Å². The lowest BCUT2D eigenvalue weighted by Gasteiger charge is -2.30. The minimum Gasteiger partial charge on any atom is -0.444 e. The van der Waals surface area contributed by atoms with E-state index >= 15 is 0 Å². The molecule has 14 nitrogen and oxygen atoms in total. The highest BCUT2D eigenvalue weighted by Gasteiger charge is 2.64. The second-order valence-corrected chi connectivity index (χ2v) is 18.8. The molecule has 3 N–H and O–H groups in total. The van der Waals surface area contributed by atoms with Crippen LogP contribution < -0.4 is 15.4 Å². The summed E-state index contributed by atoms with van der Waals surface area (Å²) in [4.78, 5) is 63.3. The number of nitrogens with zero attached hydrogens (tertiary/aromatic N) is 2. The first-order valence-corrected chi connectivity index (χ1v) is 20.6. The third-order valence-corrected chi connectivity index (χ3v) is 13.1. The number of oxime groups is 1. The van der Waals surface area contributed by atoms with Crippen LogP contribution in [0.2, 0.25) is 0 Å². The molecule has 7 atom stereocenters. The summed E-state index contributed by atoms with van der Waals surface area (Å²) in [5.41, 5.74) is -2.07. The van der Waals surface area contributed by atoms with E-state index in [0.29, 0.717) is 49.5 Å². The highest BCUT2D eigenvalue weighted by atomic mass is 35.5. The smallest absolute Gasteiger partial charge is 0.408 e. The molecule has 4 aliphatic heterocycles. The number of ether oxygens (including phenoxy) is 2. The molecule has 0 bridgehead atoms. The molecule has 53 heavy (non-hydrogen) atoms. The predicted octanol–water partition coefficient (Wildman–Crippen LogP) is 3.30. The molecule has 4 fully saturated rings. The Hall–Kier alpha value is -3.61. The van der Waals surface area contributed by atoms with Gasteiger partial charge in [0.15, 0.2) is 5.60 Å². The van der Waals surface area contributed by atoms with Crippen LogP contribution in [0.4, 0.5) is 4.79 Å². The van der Waals surface area contributed by atoms with Crippen molar-refractivity contribution in [3.05, 3.63) is 22.8 Å². The van der Waals surface area contributed by atoms with Crippen LogP contribution in [0.5, 0.6) is 0 Å². The zero-order chi connectivity index (χ0) is 37.8. The highest BCUT2D eigenvalue weighted by molar-refractivity contribution is 7.91. The number of carbonyl (C=O) groups excluding carboxylic acids is 4. The van der Waals surface area contributed by atoms with E-state index in [1.807, 2.05) is 6.08 Å².